The molecular weight excluding hydrogens is 231 g/mol. The number of hydrogen-bond acceptors (Lipinski definition) is 0. The standard InChI is InChI=1S/C11H12BrF/c1-8-2-4-9(5-3-8)10(12)11(13)6-7-11/h2-5,10H,6-7H2,1H3. The number of benzene rings is 1. The average molecular weight is 243 g/mol. The summed E-state index contributed by atoms with van der Waals surface area (Å²) in [7, 11) is 0. The first-order valence-electron chi connectivity index (χ1n) is 4.51. The van der Waals surface area contributed by atoms with Gasteiger partial charge in [0, 0.05) is 0 Å². The van der Waals surface area contributed by atoms with Gasteiger partial charge in [0.15, 0.2) is 0 Å². The van der Waals surface area contributed by atoms with Crippen molar-refractivity contribution >= 4 is 15.9 Å². The van der Waals surface area contributed by atoms with E-state index < -0.39 is 5.67 Å². The number of aryl methyl sites for hydroxylation is 1. The Morgan fingerprint density at radius 1 is 1.31 bits per heavy atom. The molecule has 0 radical (unpaired) electrons. The number of alkyl halides is 2. The van der Waals surface area contributed by atoms with E-state index in [1.807, 2.05) is 31.2 Å². The van der Waals surface area contributed by atoms with Crippen LogP contribution in [0.2, 0.25) is 0 Å². The van der Waals surface area contributed by atoms with Gasteiger partial charge in [-0.3, -0.25) is 0 Å². The van der Waals surface area contributed by atoms with Gasteiger partial charge in [-0.25, -0.2) is 4.39 Å². The van der Waals surface area contributed by atoms with E-state index in [1.54, 1.807) is 0 Å². The molecule has 1 aliphatic rings. The largest absolute Gasteiger partial charge is 0.242 e. The minimum absolute atomic E-state index is 0.124. The molecule has 0 nitrogen and oxygen atoms in total. The molecule has 1 aromatic carbocycles. The summed E-state index contributed by atoms with van der Waals surface area (Å²) in [5.74, 6) is 0. The van der Waals surface area contributed by atoms with Gasteiger partial charge in [0.05, 0.1) is 4.83 Å². The Hall–Kier alpha value is -0.370. The van der Waals surface area contributed by atoms with E-state index in [9.17, 15) is 4.39 Å². The van der Waals surface area contributed by atoms with E-state index in [0.717, 1.165) is 5.56 Å². The van der Waals surface area contributed by atoms with Gasteiger partial charge < -0.3 is 0 Å². The van der Waals surface area contributed by atoms with E-state index in [4.69, 9.17) is 0 Å². The Morgan fingerprint density at radius 2 is 1.85 bits per heavy atom. The summed E-state index contributed by atoms with van der Waals surface area (Å²) in [6.07, 6.45) is 1.38. The Morgan fingerprint density at radius 3 is 2.31 bits per heavy atom. The molecule has 70 valence electrons. The lowest BCUT2D eigenvalue weighted by molar-refractivity contribution is 0.305. The number of hydrogen-bond donors (Lipinski definition) is 0. The van der Waals surface area contributed by atoms with Crippen molar-refractivity contribution in [2.45, 2.75) is 30.3 Å². The molecule has 1 aromatic rings. The van der Waals surface area contributed by atoms with E-state index in [-0.39, 0.29) is 4.83 Å². The van der Waals surface area contributed by atoms with E-state index in [0.29, 0.717) is 12.8 Å². The molecule has 1 atom stereocenters. The van der Waals surface area contributed by atoms with Gasteiger partial charge in [0.25, 0.3) is 0 Å². The fraction of sp³-hybridized carbons (Fsp3) is 0.455. The third-order valence-corrected chi connectivity index (χ3v) is 3.90. The van der Waals surface area contributed by atoms with Crippen molar-refractivity contribution in [2.24, 2.45) is 0 Å². The maximum atomic E-state index is 13.6. The Labute approximate surface area is 86.3 Å². The summed E-state index contributed by atoms with van der Waals surface area (Å²) in [5.41, 5.74) is 1.28. The monoisotopic (exact) mass is 242 g/mol. The highest BCUT2D eigenvalue weighted by atomic mass is 79.9. The quantitative estimate of drug-likeness (QED) is 0.690. The molecule has 2 rings (SSSR count). The molecule has 13 heavy (non-hydrogen) atoms. The molecule has 0 heterocycles. The van der Waals surface area contributed by atoms with Crippen LogP contribution in [-0.2, 0) is 0 Å². The first kappa shape index (κ1) is 9.20. The van der Waals surface area contributed by atoms with E-state index >= 15 is 0 Å². The third-order valence-electron chi connectivity index (χ3n) is 2.55. The van der Waals surface area contributed by atoms with Gasteiger partial charge in [-0.15, -0.1) is 0 Å². The van der Waals surface area contributed by atoms with Crippen molar-refractivity contribution in [1.82, 2.24) is 0 Å². The van der Waals surface area contributed by atoms with Crippen LogP contribution in [0.5, 0.6) is 0 Å². The lowest BCUT2D eigenvalue weighted by Gasteiger charge is -2.13. The summed E-state index contributed by atoms with van der Waals surface area (Å²) < 4.78 is 13.6. The lowest BCUT2D eigenvalue weighted by atomic mass is 10.1. The minimum Gasteiger partial charge on any atom is -0.242 e. The minimum atomic E-state index is -0.977. The fourth-order valence-electron chi connectivity index (χ4n) is 1.41. The van der Waals surface area contributed by atoms with Crippen LogP contribution in [0, 0.1) is 6.92 Å². The lowest BCUT2D eigenvalue weighted by Crippen LogP contribution is -2.08. The summed E-state index contributed by atoms with van der Waals surface area (Å²) in [6.45, 7) is 2.04. The highest BCUT2D eigenvalue weighted by molar-refractivity contribution is 9.09. The number of halogens is 2. The molecule has 1 unspecified atom stereocenters. The van der Waals surface area contributed by atoms with Gasteiger partial charge >= 0.3 is 0 Å². The highest BCUT2D eigenvalue weighted by Crippen LogP contribution is 2.53. The molecule has 0 aliphatic heterocycles. The van der Waals surface area contributed by atoms with Crippen LogP contribution in [-0.4, -0.2) is 5.67 Å². The van der Waals surface area contributed by atoms with Crippen LogP contribution in [0.4, 0.5) is 4.39 Å². The first-order valence-corrected chi connectivity index (χ1v) is 5.43. The van der Waals surface area contributed by atoms with Crippen LogP contribution in [0.1, 0.15) is 28.8 Å². The van der Waals surface area contributed by atoms with Gasteiger partial charge in [-0.1, -0.05) is 45.8 Å². The molecule has 2 heteroatoms. The molecular formula is C11H12BrF. The highest BCUT2D eigenvalue weighted by Gasteiger charge is 2.49. The molecule has 1 aliphatic carbocycles. The molecule has 0 spiro atoms. The zero-order valence-corrected chi connectivity index (χ0v) is 9.14. The van der Waals surface area contributed by atoms with Crippen molar-refractivity contribution in [3.63, 3.8) is 0 Å². The summed E-state index contributed by atoms with van der Waals surface area (Å²) in [6, 6.07) is 8.04. The van der Waals surface area contributed by atoms with Crippen molar-refractivity contribution < 1.29 is 4.39 Å². The maximum Gasteiger partial charge on any atom is 0.127 e. The van der Waals surface area contributed by atoms with Crippen LogP contribution in [0.25, 0.3) is 0 Å². The molecule has 0 N–H and O–H groups in total. The van der Waals surface area contributed by atoms with Crippen LogP contribution in [0.15, 0.2) is 24.3 Å². The molecule has 1 fully saturated rings. The average Bonchev–Trinajstić information content (AvgIpc) is 2.85. The predicted molar refractivity (Wildman–Crippen MR) is 55.9 cm³/mol. The smallest absolute Gasteiger partial charge is 0.127 e. The second-order valence-electron chi connectivity index (χ2n) is 3.81. The predicted octanol–water partition coefficient (Wildman–Crippen LogP) is 3.93. The number of rotatable bonds is 2. The van der Waals surface area contributed by atoms with E-state index in [1.165, 1.54) is 5.56 Å². The van der Waals surface area contributed by atoms with Crippen molar-refractivity contribution in [2.75, 3.05) is 0 Å². The summed E-state index contributed by atoms with van der Waals surface area (Å²) in [5, 5.41) is 0. The summed E-state index contributed by atoms with van der Waals surface area (Å²) >= 11 is 3.42. The fourth-order valence-corrected chi connectivity index (χ4v) is 2.17. The Bertz CT molecular complexity index is 300. The second kappa shape index (κ2) is 3.09. The van der Waals surface area contributed by atoms with Crippen LogP contribution < -0.4 is 0 Å². The van der Waals surface area contributed by atoms with Crippen LogP contribution in [0.3, 0.4) is 0 Å². The van der Waals surface area contributed by atoms with Gasteiger partial charge in [-0.2, -0.15) is 0 Å². The second-order valence-corrected chi connectivity index (χ2v) is 4.72. The SMILES string of the molecule is Cc1ccc(C(Br)C2(F)CC2)cc1. The van der Waals surface area contributed by atoms with Crippen molar-refractivity contribution in [1.29, 1.82) is 0 Å². The maximum absolute atomic E-state index is 13.6. The van der Waals surface area contributed by atoms with Gasteiger partial charge in [0.2, 0.25) is 0 Å². The van der Waals surface area contributed by atoms with Crippen LogP contribution >= 0.6 is 15.9 Å². The Balaban J connectivity index is 2.20. The van der Waals surface area contributed by atoms with E-state index in [2.05, 4.69) is 15.9 Å². The normalized spacial score (nSPS) is 21.2. The van der Waals surface area contributed by atoms with Crippen molar-refractivity contribution in [3.05, 3.63) is 35.4 Å². The summed E-state index contributed by atoms with van der Waals surface area (Å²) in [4.78, 5) is -0.124. The van der Waals surface area contributed by atoms with Crippen molar-refractivity contribution in [3.8, 4) is 0 Å². The first-order chi connectivity index (χ1) is 6.12. The Kier molecular flexibility index (Phi) is 2.18. The zero-order chi connectivity index (χ0) is 9.47. The topological polar surface area (TPSA) is 0 Å². The molecule has 0 saturated heterocycles. The molecule has 0 bridgehead atoms. The van der Waals surface area contributed by atoms with Gasteiger partial charge in [0.1, 0.15) is 5.67 Å². The molecule has 1 saturated carbocycles. The van der Waals surface area contributed by atoms with Gasteiger partial charge in [-0.05, 0) is 25.3 Å². The third kappa shape index (κ3) is 1.78. The zero-order valence-electron chi connectivity index (χ0n) is 7.56. The molecule has 0 amide bonds. The molecule has 0 aromatic heterocycles.